The number of halogens is 1. The molecule has 9 heteroatoms. The monoisotopic (exact) mass is 490 g/mol. The number of esters is 1. The summed E-state index contributed by atoms with van der Waals surface area (Å²) in [5, 5.41) is 10.6. The van der Waals surface area contributed by atoms with Gasteiger partial charge in [-0.1, -0.05) is 30.3 Å². The van der Waals surface area contributed by atoms with Crippen LogP contribution in [-0.4, -0.2) is 41.0 Å². The zero-order valence-electron chi connectivity index (χ0n) is 20.0. The third-order valence-electron chi connectivity index (χ3n) is 5.51. The number of aromatic nitrogens is 2. The minimum absolute atomic E-state index is 0.224. The molecule has 0 fully saturated rings. The van der Waals surface area contributed by atoms with Gasteiger partial charge in [0.2, 0.25) is 0 Å². The summed E-state index contributed by atoms with van der Waals surface area (Å²) < 4.78 is 26.2. The third-order valence-corrected chi connectivity index (χ3v) is 5.51. The van der Waals surface area contributed by atoms with Gasteiger partial charge >= 0.3 is 12.0 Å². The first-order valence-electron chi connectivity index (χ1n) is 11.6. The number of benzene rings is 3. The summed E-state index contributed by atoms with van der Waals surface area (Å²) in [7, 11) is 0. The number of fused-ring (bicyclic) bond motifs is 1. The van der Waals surface area contributed by atoms with E-state index >= 15 is 0 Å². The molecule has 1 heterocycles. The fourth-order valence-corrected chi connectivity index (χ4v) is 3.82. The molecule has 4 rings (SSSR count). The van der Waals surface area contributed by atoms with Crippen LogP contribution in [0.25, 0.3) is 16.6 Å². The van der Waals surface area contributed by atoms with Crippen molar-refractivity contribution in [1.82, 2.24) is 20.4 Å². The Morgan fingerprint density at radius 3 is 2.53 bits per heavy atom. The van der Waals surface area contributed by atoms with Crippen molar-refractivity contribution in [3.63, 3.8) is 0 Å². The number of carbonyl (C=O) groups is 2. The highest BCUT2D eigenvalue weighted by atomic mass is 19.1. The second kappa shape index (κ2) is 11.4. The highest BCUT2D eigenvalue weighted by Crippen LogP contribution is 2.29. The minimum Gasteiger partial charge on any atom is -0.484 e. The number of hydrogen-bond donors (Lipinski definition) is 2. The molecule has 0 radical (unpaired) electrons. The maximum atomic E-state index is 13.3. The highest BCUT2D eigenvalue weighted by molar-refractivity contribution is 5.82. The van der Waals surface area contributed by atoms with E-state index < -0.39 is 24.1 Å². The summed E-state index contributed by atoms with van der Waals surface area (Å²) in [6.07, 6.45) is 1.21. The van der Waals surface area contributed by atoms with E-state index in [0.29, 0.717) is 5.75 Å². The molecular formula is C27H27FN4O4. The molecule has 0 unspecified atom stereocenters. The van der Waals surface area contributed by atoms with Crippen molar-refractivity contribution in [3.8, 4) is 11.4 Å². The lowest BCUT2D eigenvalue weighted by atomic mass is 10.0. The maximum absolute atomic E-state index is 13.3. The first kappa shape index (κ1) is 24.7. The van der Waals surface area contributed by atoms with E-state index in [4.69, 9.17) is 9.47 Å². The SMILES string of the molecule is CCOC(=O)CNC(=O)N[C@@H](C)[C@@H](Oc1ccc2c(cnn2-c2ccc(F)cc2)c1)c1ccccc1. The fourth-order valence-electron chi connectivity index (χ4n) is 3.82. The van der Waals surface area contributed by atoms with E-state index in [1.165, 1.54) is 12.1 Å². The van der Waals surface area contributed by atoms with Crippen LogP contribution in [0, 0.1) is 5.82 Å². The number of nitrogens with zero attached hydrogens (tertiary/aromatic N) is 2. The number of carbonyl (C=O) groups excluding carboxylic acids is 2. The van der Waals surface area contributed by atoms with Crippen molar-refractivity contribution in [2.45, 2.75) is 26.0 Å². The second-order valence-corrected chi connectivity index (χ2v) is 8.12. The minimum atomic E-state index is -0.510. The van der Waals surface area contributed by atoms with Gasteiger partial charge in [-0.05, 0) is 61.9 Å². The Bertz CT molecular complexity index is 1320. The molecule has 8 nitrogen and oxygen atoms in total. The van der Waals surface area contributed by atoms with Crippen LogP contribution in [-0.2, 0) is 9.53 Å². The van der Waals surface area contributed by atoms with Gasteiger partial charge in [-0.2, -0.15) is 5.10 Å². The van der Waals surface area contributed by atoms with Gasteiger partial charge in [0, 0.05) is 5.39 Å². The molecule has 186 valence electrons. The van der Waals surface area contributed by atoms with Crippen LogP contribution in [0.1, 0.15) is 25.5 Å². The predicted molar refractivity (Wildman–Crippen MR) is 133 cm³/mol. The van der Waals surface area contributed by atoms with Crippen LogP contribution in [0.2, 0.25) is 0 Å². The average molecular weight is 491 g/mol. The molecule has 2 atom stereocenters. The van der Waals surface area contributed by atoms with Crippen LogP contribution in [0.15, 0.2) is 79.0 Å². The van der Waals surface area contributed by atoms with Crippen LogP contribution in [0.3, 0.4) is 0 Å². The highest BCUT2D eigenvalue weighted by Gasteiger charge is 2.23. The summed E-state index contributed by atoms with van der Waals surface area (Å²) in [6.45, 7) is 3.55. The van der Waals surface area contributed by atoms with Gasteiger partial charge in [0.25, 0.3) is 0 Å². The zero-order valence-corrected chi connectivity index (χ0v) is 20.0. The average Bonchev–Trinajstić information content (AvgIpc) is 3.30. The molecule has 4 aromatic rings. The normalized spacial score (nSPS) is 12.5. The molecule has 0 spiro atoms. The Morgan fingerprint density at radius 1 is 1.06 bits per heavy atom. The topological polar surface area (TPSA) is 94.5 Å². The molecule has 0 bridgehead atoms. The van der Waals surface area contributed by atoms with Crippen LogP contribution in [0.5, 0.6) is 5.75 Å². The van der Waals surface area contributed by atoms with E-state index in [-0.39, 0.29) is 19.0 Å². The summed E-state index contributed by atoms with van der Waals surface area (Å²) in [4.78, 5) is 23.9. The molecule has 3 aromatic carbocycles. The van der Waals surface area contributed by atoms with E-state index in [1.807, 2.05) is 55.5 Å². The Labute approximate surface area is 208 Å². The summed E-state index contributed by atoms with van der Waals surface area (Å²) in [6, 6.07) is 20.3. The molecule has 36 heavy (non-hydrogen) atoms. The van der Waals surface area contributed by atoms with Crippen molar-refractivity contribution in [3.05, 3.63) is 90.4 Å². The molecule has 0 saturated heterocycles. The number of nitrogens with one attached hydrogen (secondary N) is 2. The number of amides is 2. The lowest BCUT2D eigenvalue weighted by molar-refractivity contribution is -0.141. The largest absolute Gasteiger partial charge is 0.484 e. The molecule has 0 aliphatic heterocycles. The van der Waals surface area contributed by atoms with Crippen molar-refractivity contribution < 1.29 is 23.5 Å². The predicted octanol–water partition coefficient (Wildman–Crippen LogP) is 4.54. The molecule has 1 aromatic heterocycles. The van der Waals surface area contributed by atoms with Crippen molar-refractivity contribution in [2.75, 3.05) is 13.2 Å². The number of ether oxygens (including phenoxy) is 2. The first-order valence-corrected chi connectivity index (χ1v) is 11.6. The van der Waals surface area contributed by atoms with E-state index in [2.05, 4.69) is 15.7 Å². The van der Waals surface area contributed by atoms with Crippen molar-refractivity contribution in [2.24, 2.45) is 0 Å². The van der Waals surface area contributed by atoms with Crippen LogP contribution in [0.4, 0.5) is 9.18 Å². The standard InChI is InChI=1S/C27H27FN4O4/c1-3-35-25(33)17-29-27(34)31-18(2)26(19-7-5-4-6-8-19)36-23-13-14-24-20(15-23)16-30-32(24)22-11-9-21(28)10-12-22/h4-16,18,26H,3,17H2,1-2H3,(H2,29,31,34)/t18-,26+/m0/s1. The Balaban J connectivity index is 1.52. The summed E-state index contributed by atoms with van der Waals surface area (Å²) in [5.74, 6) is -0.226. The Hall–Kier alpha value is -4.40. The second-order valence-electron chi connectivity index (χ2n) is 8.12. The summed E-state index contributed by atoms with van der Waals surface area (Å²) >= 11 is 0. The van der Waals surface area contributed by atoms with Gasteiger partial charge in [-0.3, -0.25) is 4.79 Å². The third kappa shape index (κ3) is 5.99. The number of urea groups is 1. The summed E-state index contributed by atoms with van der Waals surface area (Å²) in [5.41, 5.74) is 2.46. The first-order chi connectivity index (χ1) is 17.4. The molecular weight excluding hydrogens is 463 g/mol. The van der Waals surface area contributed by atoms with Crippen LogP contribution < -0.4 is 15.4 Å². The molecule has 0 aliphatic carbocycles. The lowest BCUT2D eigenvalue weighted by Gasteiger charge is -2.26. The zero-order chi connectivity index (χ0) is 25.5. The molecule has 2 N–H and O–H groups in total. The quantitative estimate of drug-likeness (QED) is 0.336. The van der Waals surface area contributed by atoms with Crippen molar-refractivity contribution in [1.29, 1.82) is 0 Å². The molecule has 2 amide bonds. The van der Waals surface area contributed by atoms with Crippen LogP contribution >= 0.6 is 0 Å². The Kier molecular flexibility index (Phi) is 7.79. The van der Waals surface area contributed by atoms with Gasteiger partial charge in [0.05, 0.1) is 30.0 Å². The molecule has 0 aliphatic rings. The van der Waals surface area contributed by atoms with Gasteiger partial charge < -0.3 is 20.1 Å². The van der Waals surface area contributed by atoms with Gasteiger partial charge in [-0.25, -0.2) is 13.9 Å². The number of rotatable bonds is 9. The molecule has 0 saturated carbocycles. The lowest BCUT2D eigenvalue weighted by Crippen LogP contribution is -2.46. The fraction of sp³-hybridized carbons (Fsp3) is 0.222. The van der Waals surface area contributed by atoms with E-state index in [0.717, 1.165) is 22.2 Å². The van der Waals surface area contributed by atoms with Gasteiger partial charge in [0.1, 0.15) is 24.2 Å². The van der Waals surface area contributed by atoms with Gasteiger partial charge in [-0.15, -0.1) is 0 Å². The van der Waals surface area contributed by atoms with Crippen molar-refractivity contribution >= 4 is 22.9 Å². The number of hydrogen-bond acceptors (Lipinski definition) is 5. The van der Waals surface area contributed by atoms with Gasteiger partial charge in [0.15, 0.2) is 0 Å². The Morgan fingerprint density at radius 2 is 1.81 bits per heavy atom. The van der Waals surface area contributed by atoms with E-state index in [1.54, 1.807) is 29.9 Å². The smallest absolute Gasteiger partial charge is 0.325 e. The maximum Gasteiger partial charge on any atom is 0.325 e. The van der Waals surface area contributed by atoms with E-state index in [9.17, 15) is 14.0 Å².